The third-order valence-corrected chi connectivity index (χ3v) is 9.04. The molecule has 4 atom stereocenters. The number of nitrogens with one attached hydrogen (secondary N) is 1. The molecule has 3 aliphatic rings. The molecule has 5 rings (SSSR count). The molecule has 30 heavy (non-hydrogen) atoms. The predicted molar refractivity (Wildman–Crippen MR) is 117 cm³/mol. The maximum absolute atomic E-state index is 13.6. The highest BCUT2D eigenvalue weighted by molar-refractivity contribution is 7.15. The van der Waals surface area contributed by atoms with Crippen LogP contribution in [0.3, 0.4) is 0 Å². The van der Waals surface area contributed by atoms with Crippen LogP contribution in [0.15, 0.2) is 35.7 Å². The molecule has 2 saturated carbocycles. The zero-order chi connectivity index (χ0) is 21.1. The molecule has 3 fully saturated rings. The molecule has 2 aromatic rings. The van der Waals surface area contributed by atoms with Gasteiger partial charge in [-0.15, -0.1) is 11.3 Å². The molecule has 2 aliphatic carbocycles. The molecule has 1 aromatic heterocycles. The monoisotopic (exact) mass is 425 g/mol. The van der Waals surface area contributed by atoms with E-state index in [-0.39, 0.29) is 23.3 Å². The van der Waals surface area contributed by atoms with E-state index in [2.05, 4.69) is 19.2 Å². The molecule has 6 heteroatoms. The minimum absolute atomic E-state index is 0.0545. The van der Waals surface area contributed by atoms with Gasteiger partial charge < -0.3 is 14.8 Å². The van der Waals surface area contributed by atoms with E-state index in [1.807, 2.05) is 35.7 Å². The Balaban J connectivity index is 1.51. The standard InChI is InChI=1S/C24H27NO4S/c1-4-28-20(26)18-17(15-8-6-5-7-9-15)13-30-19(18)25-21(27)24-12-16-10-11-23(24,3)22(16,2)14-29-24/h5-9,13,16H,4,10-12,14H2,1-3H3,(H,25,27)/t16-,22-,23-,24-/m1/s1. The lowest BCUT2D eigenvalue weighted by Gasteiger charge is -2.39. The van der Waals surface area contributed by atoms with Crippen molar-refractivity contribution in [1.82, 2.24) is 0 Å². The number of ether oxygens (including phenoxy) is 2. The van der Waals surface area contributed by atoms with Crippen LogP contribution in [0.5, 0.6) is 0 Å². The Hall–Kier alpha value is -2.18. The predicted octanol–water partition coefficient (Wildman–Crippen LogP) is 5.13. The summed E-state index contributed by atoms with van der Waals surface area (Å²) in [5, 5.41) is 5.53. The Bertz CT molecular complexity index is 1020. The average Bonchev–Trinajstić information content (AvgIpc) is 3.39. The second-order valence-electron chi connectivity index (χ2n) is 9.20. The van der Waals surface area contributed by atoms with Crippen LogP contribution in [-0.2, 0) is 14.3 Å². The van der Waals surface area contributed by atoms with Gasteiger partial charge >= 0.3 is 5.97 Å². The smallest absolute Gasteiger partial charge is 0.341 e. The number of hydrogen-bond donors (Lipinski definition) is 1. The van der Waals surface area contributed by atoms with Crippen molar-refractivity contribution in [2.24, 2.45) is 16.7 Å². The molecule has 1 aromatic carbocycles. The molecule has 1 aliphatic heterocycles. The molecule has 158 valence electrons. The number of benzene rings is 1. The summed E-state index contributed by atoms with van der Waals surface area (Å²) in [5.74, 6) is -0.0144. The summed E-state index contributed by atoms with van der Waals surface area (Å²) in [6, 6.07) is 9.71. The van der Waals surface area contributed by atoms with E-state index >= 15 is 0 Å². The van der Waals surface area contributed by atoms with Crippen LogP contribution in [-0.4, -0.2) is 30.7 Å². The average molecular weight is 426 g/mol. The molecule has 5 nitrogen and oxygen atoms in total. The van der Waals surface area contributed by atoms with Gasteiger partial charge in [-0.2, -0.15) is 0 Å². The summed E-state index contributed by atoms with van der Waals surface area (Å²) in [6.07, 6.45) is 2.93. The topological polar surface area (TPSA) is 64.6 Å². The minimum Gasteiger partial charge on any atom is -0.462 e. The molecular weight excluding hydrogens is 398 g/mol. The summed E-state index contributed by atoms with van der Waals surface area (Å²) in [4.78, 5) is 26.5. The first-order valence-corrected chi connectivity index (χ1v) is 11.5. The normalized spacial score (nSPS) is 33.6. The Morgan fingerprint density at radius 3 is 2.70 bits per heavy atom. The summed E-state index contributed by atoms with van der Waals surface area (Å²) in [6.45, 7) is 7.18. The van der Waals surface area contributed by atoms with Gasteiger partial charge in [-0.25, -0.2) is 4.79 Å². The van der Waals surface area contributed by atoms with Crippen molar-refractivity contribution >= 4 is 28.2 Å². The number of thiophene rings is 1. The van der Waals surface area contributed by atoms with Gasteiger partial charge in [-0.1, -0.05) is 44.2 Å². The number of esters is 1. The first-order valence-electron chi connectivity index (χ1n) is 10.7. The van der Waals surface area contributed by atoms with E-state index in [1.165, 1.54) is 11.3 Å². The highest BCUT2D eigenvalue weighted by Gasteiger charge is 2.78. The van der Waals surface area contributed by atoms with Crippen LogP contribution in [0.2, 0.25) is 0 Å². The number of anilines is 1. The van der Waals surface area contributed by atoms with E-state index in [0.717, 1.165) is 30.4 Å². The largest absolute Gasteiger partial charge is 0.462 e. The van der Waals surface area contributed by atoms with Gasteiger partial charge in [0.25, 0.3) is 5.91 Å². The van der Waals surface area contributed by atoms with Crippen LogP contribution < -0.4 is 5.32 Å². The van der Waals surface area contributed by atoms with Gasteiger partial charge in [0.1, 0.15) is 10.6 Å². The number of hydrogen-bond acceptors (Lipinski definition) is 5. The molecule has 4 bridgehead atoms. The van der Waals surface area contributed by atoms with E-state index in [4.69, 9.17) is 9.47 Å². The van der Waals surface area contributed by atoms with Crippen molar-refractivity contribution in [1.29, 1.82) is 0 Å². The maximum Gasteiger partial charge on any atom is 0.341 e. The van der Waals surface area contributed by atoms with Crippen LogP contribution in [0, 0.1) is 16.7 Å². The van der Waals surface area contributed by atoms with E-state index in [1.54, 1.807) is 6.92 Å². The van der Waals surface area contributed by atoms with Gasteiger partial charge in [-0.05, 0) is 37.7 Å². The van der Waals surface area contributed by atoms with Crippen LogP contribution in [0.25, 0.3) is 11.1 Å². The summed E-state index contributed by atoms with van der Waals surface area (Å²) in [7, 11) is 0. The molecule has 0 spiro atoms. The molecule has 1 saturated heterocycles. The van der Waals surface area contributed by atoms with Gasteiger partial charge in [0, 0.05) is 21.8 Å². The Morgan fingerprint density at radius 1 is 1.27 bits per heavy atom. The molecular formula is C24H27NO4S. The van der Waals surface area contributed by atoms with Gasteiger partial charge in [0.15, 0.2) is 5.60 Å². The Labute approximate surface area is 180 Å². The quantitative estimate of drug-likeness (QED) is 0.675. The summed E-state index contributed by atoms with van der Waals surface area (Å²) < 4.78 is 11.6. The number of carbonyl (C=O) groups is 2. The van der Waals surface area contributed by atoms with Gasteiger partial charge in [0.05, 0.1) is 13.2 Å². The highest BCUT2D eigenvalue weighted by atomic mass is 32.1. The maximum atomic E-state index is 13.6. The lowest BCUT2D eigenvalue weighted by Crippen LogP contribution is -2.52. The van der Waals surface area contributed by atoms with E-state index in [0.29, 0.717) is 23.1 Å². The fraction of sp³-hybridized carbons (Fsp3) is 0.500. The fourth-order valence-electron chi connectivity index (χ4n) is 6.15. The Kier molecular flexibility index (Phi) is 4.39. The Morgan fingerprint density at radius 2 is 2.03 bits per heavy atom. The number of amides is 1. The molecule has 2 heterocycles. The third-order valence-electron chi connectivity index (χ3n) is 8.15. The van der Waals surface area contributed by atoms with Crippen molar-refractivity contribution in [3.05, 3.63) is 41.3 Å². The van der Waals surface area contributed by atoms with Crippen molar-refractivity contribution in [3.8, 4) is 11.1 Å². The molecule has 1 amide bonds. The lowest BCUT2D eigenvalue weighted by atomic mass is 9.66. The van der Waals surface area contributed by atoms with Crippen LogP contribution >= 0.6 is 11.3 Å². The van der Waals surface area contributed by atoms with Crippen LogP contribution in [0.1, 0.15) is 50.4 Å². The summed E-state index contributed by atoms with van der Waals surface area (Å²) >= 11 is 1.36. The number of carbonyl (C=O) groups excluding carboxylic acids is 2. The second kappa shape index (κ2) is 6.66. The van der Waals surface area contributed by atoms with Gasteiger partial charge in [0.2, 0.25) is 0 Å². The van der Waals surface area contributed by atoms with Crippen molar-refractivity contribution in [3.63, 3.8) is 0 Å². The van der Waals surface area contributed by atoms with Crippen molar-refractivity contribution in [2.45, 2.75) is 45.6 Å². The first kappa shape index (κ1) is 19.8. The minimum atomic E-state index is -0.812. The number of rotatable bonds is 5. The van der Waals surface area contributed by atoms with Crippen LogP contribution in [0.4, 0.5) is 5.00 Å². The van der Waals surface area contributed by atoms with Gasteiger partial charge in [-0.3, -0.25) is 4.79 Å². The zero-order valence-electron chi connectivity index (χ0n) is 17.6. The SMILES string of the molecule is CCOC(=O)c1c(-c2ccccc2)csc1NC(=O)[C@]12C[C@H]3CC[C@]1(C)[C@]3(C)CO2. The van der Waals surface area contributed by atoms with E-state index < -0.39 is 11.6 Å². The molecule has 0 unspecified atom stereocenters. The first-order chi connectivity index (χ1) is 14.4. The molecule has 0 radical (unpaired) electrons. The van der Waals surface area contributed by atoms with E-state index in [9.17, 15) is 9.59 Å². The third kappa shape index (κ3) is 2.38. The highest BCUT2D eigenvalue weighted by Crippen LogP contribution is 2.75. The zero-order valence-corrected chi connectivity index (χ0v) is 18.4. The second-order valence-corrected chi connectivity index (χ2v) is 10.1. The lowest BCUT2D eigenvalue weighted by molar-refractivity contribution is -0.149. The fourth-order valence-corrected chi connectivity index (χ4v) is 7.10. The summed E-state index contributed by atoms with van der Waals surface area (Å²) in [5.41, 5.74) is 1.20. The molecule has 1 N–H and O–H groups in total. The van der Waals surface area contributed by atoms with Crippen molar-refractivity contribution in [2.75, 3.05) is 18.5 Å². The van der Waals surface area contributed by atoms with Crippen molar-refractivity contribution < 1.29 is 19.1 Å².